The zero-order valence-corrected chi connectivity index (χ0v) is 15.1. The fourth-order valence-electron chi connectivity index (χ4n) is 2.76. The van der Waals surface area contributed by atoms with Crippen molar-refractivity contribution < 1.29 is 14.3 Å². The number of benzene rings is 1. The Kier molecular flexibility index (Phi) is 7.69. The molecule has 0 aliphatic carbocycles. The smallest absolute Gasteiger partial charge is 0.313 e. The quantitative estimate of drug-likeness (QED) is 0.717. The van der Waals surface area contributed by atoms with Gasteiger partial charge in [-0.15, -0.1) is 0 Å². The third-order valence-electron chi connectivity index (χ3n) is 4.28. The van der Waals surface area contributed by atoms with Gasteiger partial charge in [-0.1, -0.05) is 0 Å². The standard InChI is InChI=1S/C18H28N4O3/c1-3-22(4-2)16-7-5-15(6-8-16)20-18(24)17(23)19-9-10-21-11-13-25-14-12-21/h5-8H,3-4,9-14H2,1-2H3,(H,19,23)(H,20,24). The van der Waals surface area contributed by atoms with Gasteiger partial charge in [0.25, 0.3) is 0 Å². The van der Waals surface area contributed by atoms with E-state index >= 15 is 0 Å². The molecule has 0 atom stereocenters. The van der Waals surface area contributed by atoms with E-state index < -0.39 is 11.8 Å². The number of amides is 2. The van der Waals surface area contributed by atoms with Crippen LogP contribution in [0.15, 0.2) is 24.3 Å². The highest BCUT2D eigenvalue weighted by atomic mass is 16.5. The number of hydrogen-bond donors (Lipinski definition) is 2. The van der Waals surface area contributed by atoms with Crippen LogP contribution in [0.25, 0.3) is 0 Å². The van der Waals surface area contributed by atoms with E-state index in [9.17, 15) is 9.59 Å². The predicted molar refractivity (Wildman–Crippen MR) is 98.9 cm³/mol. The number of nitrogens with one attached hydrogen (secondary N) is 2. The van der Waals surface area contributed by atoms with E-state index in [1.165, 1.54) is 0 Å². The lowest BCUT2D eigenvalue weighted by atomic mass is 10.2. The lowest BCUT2D eigenvalue weighted by Gasteiger charge is -2.26. The zero-order chi connectivity index (χ0) is 18.1. The van der Waals surface area contributed by atoms with Crippen molar-refractivity contribution in [2.24, 2.45) is 0 Å². The molecule has 0 unspecified atom stereocenters. The number of ether oxygens (including phenoxy) is 1. The molecule has 0 aromatic heterocycles. The summed E-state index contributed by atoms with van der Waals surface area (Å²) < 4.78 is 5.27. The molecule has 25 heavy (non-hydrogen) atoms. The Hall–Kier alpha value is -2.12. The summed E-state index contributed by atoms with van der Waals surface area (Å²) >= 11 is 0. The second-order valence-electron chi connectivity index (χ2n) is 5.88. The predicted octanol–water partition coefficient (Wildman–Crippen LogP) is 0.920. The van der Waals surface area contributed by atoms with Crippen molar-refractivity contribution >= 4 is 23.2 Å². The molecule has 1 saturated heterocycles. The molecule has 1 aromatic carbocycles. The van der Waals surface area contributed by atoms with Gasteiger partial charge >= 0.3 is 11.8 Å². The van der Waals surface area contributed by atoms with Crippen LogP contribution < -0.4 is 15.5 Å². The van der Waals surface area contributed by atoms with Gasteiger partial charge in [0.1, 0.15) is 0 Å². The molecule has 2 rings (SSSR count). The molecule has 138 valence electrons. The van der Waals surface area contributed by atoms with Gasteiger partial charge < -0.3 is 20.3 Å². The van der Waals surface area contributed by atoms with Crippen LogP contribution in [0.3, 0.4) is 0 Å². The van der Waals surface area contributed by atoms with E-state index in [4.69, 9.17) is 4.74 Å². The van der Waals surface area contributed by atoms with Crippen LogP contribution in [0.2, 0.25) is 0 Å². The topological polar surface area (TPSA) is 73.9 Å². The molecule has 0 spiro atoms. The number of carbonyl (C=O) groups is 2. The van der Waals surface area contributed by atoms with Gasteiger partial charge in [0.05, 0.1) is 13.2 Å². The van der Waals surface area contributed by atoms with Gasteiger partial charge in [0, 0.05) is 50.6 Å². The van der Waals surface area contributed by atoms with E-state index in [0.717, 1.165) is 51.6 Å². The number of hydrogen-bond acceptors (Lipinski definition) is 5. The number of anilines is 2. The van der Waals surface area contributed by atoms with E-state index in [-0.39, 0.29) is 0 Å². The second kappa shape index (κ2) is 10.0. The van der Waals surface area contributed by atoms with Crippen LogP contribution in [-0.4, -0.2) is 69.2 Å². The Bertz CT molecular complexity index is 552. The van der Waals surface area contributed by atoms with Crippen molar-refractivity contribution in [2.45, 2.75) is 13.8 Å². The largest absolute Gasteiger partial charge is 0.379 e. The molecular weight excluding hydrogens is 320 g/mol. The van der Waals surface area contributed by atoms with Crippen molar-refractivity contribution in [3.05, 3.63) is 24.3 Å². The van der Waals surface area contributed by atoms with Crippen LogP contribution in [0.5, 0.6) is 0 Å². The van der Waals surface area contributed by atoms with Gasteiger partial charge in [-0.25, -0.2) is 0 Å². The van der Waals surface area contributed by atoms with Crippen LogP contribution in [-0.2, 0) is 14.3 Å². The normalized spacial score (nSPS) is 14.8. The Labute approximate surface area is 149 Å². The molecule has 0 bridgehead atoms. The molecule has 2 amide bonds. The summed E-state index contributed by atoms with van der Waals surface area (Å²) in [4.78, 5) is 28.3. The molecule has 1 fully saturated rings. The van der Waals surface area contributed by atoms with Crippen LogP contribution in [0, 0.1) is 0 Å². The van der Waals surface area contributed by atoms with Gasteiger partial charge in [-0.05, 0) is 38.1 Å². The lowest BCUT2D eigenvalue weighted by Crippen LogP contribution is -2.43. The minimum atomic E-state index is -0.641. The van der Waals surface area contributed by atoms with Gasteiger partial charge in [0.15, 0.2) is 0 Å². The molecule has 0 radical (unpaired) electrons. The molecule has 7 heteroatoms. The van der Waals surface area contributed by atoms with Crippen molar-refractivity contribution in [1.82, 2.24) is 10.2 Å². The fraction of sp³-hybridized carbons (Fsp3) is 0.556. The average molecular weight is 348 g/mol. The maximum atomic E-state index is 12.0. The third-order valence-corrected chi connectivity index (χ3v) is 4.28. The summed E-state index contributed by atoms with van der Waals surface area (Å²) in [6.45, 7) is 10.4. The highest BCUT2D eigenvalue weighted by Gasteiger charge is 2.15. The molecule has 1 aromatic rings. The zero-order valence-electron chi connectivity index (χ0n) is 15.1. The Balaban J connectivity index is 1.75. The lowest BCUT2D eigenvalue weighted by molar-refractivity contribution is -0.136. The van der Waals surface area contributed by atoms with E-state index in [1.54, 1.807) is 0 Å². The van der Waals surface area contributed by atoms with E-state index in [2.05, 4.69) is 34.3 Å². The van der Waals surface area contributed by atoms with Crippen molar-refractivity contribution in [2.75, 3.05) is 62.7 Å². The first kappa shape index (κ1) is 19.2. The monoisotopic (exact) mass is 348 g/mol. The average Bonchev–Trinajstić information content (AvgIpc) is 2.65. The maximum Gasteiger partial charge on any atom is 0.313 e. The van der Waals surface area contributed by atoms with E-state index in [0.29, 0.717) is 12.2 Å². The highest BCUT2D eigenvalue weighted by molar-refractivity contribution is 6.39. The molecule has 1 aliphatic heterocycles. The Morgan fingerprint density at radius 2 is 1.72 bits per heavy atom. The van der Waals surface area contributed by atoms with Gasteiger partial charge in [-0.3, -0.25) is 14.5 Å². The summed E-state index contributed by atoms with van der Waals surface area (Å²) in [5, 5.41) is 5.29. The second-order valence-corrected chi connectivity index (χ2v) is 5.88. The van der Waals surface area contributed by atoms with Gasteiger partial charge in [0.2, 0.25) is 0 Å². The van der Waals surface area contributed by atoms with E-state index in [1.807, 2.05) is 24.3 Å². The molecule has 1 heterocycles. The molecule has 1 aliphatic rings. The minimum Gasteiger partial charge on any atom is -0.379 e. The fourth-order valence-corrected chi connectivity index (χ4v) is 2.76. The molecule has 0 saturated carbocycles. The highest BCUT2D eigenvalue weighted by Crippen LogP contribution is 2.17. The summed E-state index contributed by atoms with van der Waals surface area (Å²) in [5.74, 6) is -1.25. The summed E-state index contributed by atoms with van der Waals surface area (Å²) in [6, 6.07) is 7.51. The number of morpholine rings is 1. The van der Waals surface area contributed by atoms with Gasteiger partial charge in [-0.2, -0.15) is 0 Å². The number of carbonyl (C=O) groups excluding carboxylic acids is 2. The maximum absolute atomic E-state index is 12.0. The molecule has 7 nitrogen and oxygen atoms in total. The summed E-state index contributed by atoms with van der Waals surface area (Å²) in [5.41, 5.74) is 1.71. The van der Waals surface area contributed by atoms with Crippen molar-refractivity contribution in [3.63, 3.8) is 0 Å². The van der Waals surface area contributed by atoms with Crippen LogP contribution in [0.4, 0.5) is 11.4 Å². The van der Waals surface area contributed by atoms with Crippen LogP contribution >= 0.6 is 0 Å². The summed E-state index contributed by atoms with van der Waals surface area (Å²) in [7, 11) is 0. The third kappa shape index (κ3) is 6.03. The first-order valence-corrected chi connectivity index (χ1v) is 8.88. The first-order chi connectivity index (χ1) is 12.1. The van der Waals surface area contributed by atoms with Crippen molar-refractivity contribution in [3.8, 4) is 0 Å². The molecule has 2 N–H and O–H groups in total. The molecular formula is C18H28N4O3. The number of nitrogens with zero attached hydrogens (tertiary/aromatic N) is 2. The Morgan fingerprint density at radius 3 is 2.32 bits per heavy atom. The minimum absolute atomic E-state index is 0.452. The number of rotatable bonds is 7. The Morgan fingerprint density at radius 1 is 1.08 bits per heavy atom. The SMILES string of the molecule is CCN(CC)c1ccc(NC(=O)C(=O)NCCN2CCOCC2)cc1. The summed E-state index contributed by atoms with van der Waals surface area (Å²) in [6.07, 6.45) is 0. The van der Waals surface area contributed by atoms with Crippen LogP contribution in [0.1, 0.15) is 13.8 Å². The van der Waals surface area contributed by atoms with Crippen molar-refractivity contribution in [1.29, 1.82) is 0 Å². The first-order valence-electron chi connectivity index (χ1n) is 8.88.